The summed E-state index contributed by atoms with van der Waals surface area (Å²) in [5, 5.41) is 0.646. The van der Waals surface area contributed by atoms with E-state index >= 15 is 0 Å². The third-order valence-corrected chi connectivity index (χ3v) is 6.85. The standard InChI is InChI=1S/C31H32N2O4S/c1-5-11-24-18-23(19-27(36-7-3)29(24)37-21-22-12-9-8-10-13-22)20-28-30(34)33(6-2)31(38-28)32-25-14-16-26(35-4)17-15-25/h5,8-10,12-20H,1,6-7,11,21H2,2-4H3/b28-20+,32-31?. The Morgan fingerprint density at radius 3 is 2.45 bits per heavy atom. The number of amides is 1. The summed E-state index contributed by atoms with van der Waals surface area (Å²) in [5.74, 6) is 2.02. The van der Waals surface area contributed by atoms with E-state index in [2.05, 4.69) is 6.58 Å². The fourth-order valence-electron chi connectivity index (χ4n) is 4.02. The molecule has 0 radical (unpaired) electrons. The number of ether oxygens (including phenoxy) is 3. The number of hydrogen-bond acceptors (Lipinski definition) is 6. The number of nitrogens with zero attached hydrogens (tertiary/aromatic N) is 2. The Balaban J connectivity index is 1.66. The van der Waals surface area contributed by atoms with Crippen molar-refractivity contribution in [3.05, 3.63) is 101 Å². The Hall–Kier alpha value is -3.97. The lowest BCUT2D eigenvalue weighted by Crippen LogP contribution is -2.28. The smallest absolute Gasteiger partial charge is 0.266 e. The summed E-state index contributed by atoms with van der Waals surface area (Å²) in [7, 11) is 1.63. The average Bonchev–Trinajstić information content (AvgIpc) is 3.22. The van der Waals surface area contributed by atoms with Crippen molar-refractivity contribution in [3.8, 4) is 17.2 Å². The zero-order valence-electron chi connectivity index (χ0n) is 22.0. The van der Waals surface area contributed by atoms with Crippen LogP contribution in [0.4, 0.5) is 5.69 Å². The van der Waals surface area contributed by atoms with Crippen LogP contribution in [0.5, 0.6) is 17.2 Å². The maximum Gasteiger partial charge on any atom is 0.266 e. The van der Waals surface area contributed by atoms with Gasteiger partial charge in [0.25, 0.3) is 5.91 Å². The number of hydrogen-bond donors (Lipinski definition) is 0. The number of methoxy groups -OCH3 is 1. The van der Waals surface area contributed by atoms with Crippen LogP contribution < -0.4 is 14.2 Å². The van der Waals surface area contributed by atoms with Crippen molar-refractivity contribution in [2.24, 2.45) is 4.99 Å². The number of likely N-dealkylation sites (N-methyl/N-ethyl adjacent to an activating group) is 1. The third kappa shape index (κ3) is 6.47. The van der Waals surface area contributed by atoms with Gasteiger partial charge in [-0.2, -0.15) is 0 Å². The Morgan fingerprint density at radius 1 is 1.03 bits per heavy atom. The van der Waals surface area contributed by atoms with Crippen LogP contribution in [0.2, 0.25) is 0 Å². The first-order chi connectivity index (χ1) is 18.6. The second-order valence-corrected chi connectivity index (χ2v) is 9.47. The number of aliphatic imine (C=N–C) groups is 1. The maximum atomic E-state index is 13.3. The minimum atomic E-state index is -0.0719. The molecule has 0 aromatic heterocycles. The SMILES string of the molecule is C=CCc1cc(/C=C2/SC(=Nc3ccc(OC)cc3)N(CC)C2=O)cc(OCC)c1OCc1ccccc1. The number of thioether (sulfide) groups is 1. The molecule has 1 aliphatic rings. The normalized spacial score (nSPS) is 15.2. The van der Waals surface area contributed by atoms with Gasteiger partial charge in [-0.1, -0.05) is 36.4 Å². The zero-order valence-corrected chi connectivity index (χ0v) is 22.8. The minimum absolute atomic E-state index is 0.0719. The van der Waals surface area contributed by atoms with E-state index in [1.807, 2.05) is 92.7 Å². The number of benzene rings is 3. The van der Waals surface area contributed by atoms with Crippen LogP contribution in [0.1, 0.15) is 30.5 Å². The molecule has 0 saturated carbocycles. The van der Waals surface area contributed by atoms with Gasteiger partial charge in [-0.05, 0) is 85.6 Å². The quantitative estimate of drug-likeness (QED) is 0.198. The van der Waals surface area contributed by atoms with Crippen LogP contribution >= 0.6 is 11.8 Å². The Bertz CT molecular complexity index is 1330. The first kappa shape index (κ1) is 27.1. The maximum absolute atomic E-state index is 13.3. The molecule has 3 aromatic carbocycles. The van der Waals surface area contributed by atoms with Crippen LogP contribution in [0, 0.1) is 0 Å². The molecule has 1 heterocycles. The van der Waals surface area contributed by atoms with E-state index in [4.69, 9.17) is 19.2 Å². The fraction of sp³-hybridized carbons (Fsp3) is 0.226. The zero-order chi connectivity index (χ0) is 26.9. The van der Waals surface area contributed by atoms with Crippen molar-refractivity contribution < 1.29 is 19.0 Å². The van der Waals surface area contributed by atoms with Gasteiger partial charge in [-0.15, -0.1) is 6.58 Å². The van der Waals surface area contributed by atoms with Gasteiger partial charge in [0.05, 0.1) is 24.3 Å². The van der Waals surface area contributed by atoms with Crippen LogP contribution in [0.3, 0.4) is 0 Å². The summed E-state index contributed by atoms with van der Waals surface area (Å²) in [5.41, 5.74) is 3.63. The van der Waals surface area contributed by atoms with Gasteiger partial charge in [0.15, 0.2) is 16.7 Å². The molecule has 196 valence electrons. The number of amidine groups is 1. The van der Waals surface area contributed by atoms with Crippen LogP contribution in [-0.2, 0) is 17.8 Å². The van der Waals surface area contributed by atoms with Gasteiger partial charge in [0.1, 0.15) is 12.4 Å². The molecule has 0 unspecified atom stereocenters. The predicted octanol–water partition coefficient (Wildman–Crippen LogP) is 7.03. The van der Waals surface area contributed by atoms with E-state index in [-0.39, 0.29) is 5.91 Å². The molecule has 1 fully saturated rings. The van der Waals surface area contributed by atoms with E-state index in [9.17, 15) is 4.79 Å². The molecule has 4 rings (SSSR count). The van der Waals surface area contributed by atoms with Gasteiger partial charge >= 0.3 is 0 Å². The third-order valence-electron chi connectivity index (χ3n) is 5.84. The highest BCUT2D eigenvalue weighted by molar-refractivity contribution is 8.18. The van der Waals surface area contributed by atoms with Gasteiger partial charge in [-0.25, -0.2) is 4.99 Å². The summed E-state index contributed by atoms with van der Waals surface area (Å²) in [6.07, 6.45) is 4.33. The number of carbonyl (C=O) groups excluding carboxylic acids is 1. The predicted molar refractivity (Wildman–Crippen MR) is 155 cm³/mol. The molecule has 6 nitrogen and oxygen atoms in total. The number of carbonyl (C=O) groups is 1. The van der Waals surface area contributed by atoms with Gasteiger partial charge in [-0.3, -0.25) is 9.69 Å². The molecule has 0 aliphatic carbocycles. The van der Waals surface area contributed by atoms with E-state index in [1.54, 1.807) is 12.0 Å². The van der Waals surface area contributed by atoms with Gasteiger partial charge in [0, 0.05) is 12.1 Å². The number of rotatable bonds is 11. The molecule has 1 saturated heterocycles. The molecule has 3 aromatic rings. The molecule has 0 bridgehead atoms. The molecule has 1 aliphatic heterocycles. The first-order valence-corrected chi connectivity index (χ1v) is 13.4. The summed E-state index contributed by atoms with van der Waals surface area (Å²) >= 11 is 1.37. The first-order valence-electron chi connectivity index (χ1n) is 12.6. The molecular weight excluding hydrogens is 496 g/mol. The van der Waals surface area contributed by atoms with Crippen molar-refractivity contribution in [3.63, 3.8) is 0 Å². The van der Waals surface area contributed by atoms with Crippen molar-refractivity contribution in [1.29, 1.82) is 0 Å². The fourth-order valence-corrected chi connectivity index (χ4v) is 5.08. The highest BCUT2D eigenvalue weighted by Crippen LogP contribution is 2.38. The monoisotopic (exact) mass is 528 g/mol. The van der Waals surface area contributed by atoms with Crippen molar-refractivity contribution >= 4 is 34.6 Å². The summed E-state index contributed by atoms with van der Waals surface area (Å²) < 4.78 is 17.4. The number of allylic oxidation sites excluding steroid dienone is 1. The molecule has 0 N–H and O–H groups in total. The highest BCUT2D eigenvalue weighted by atomic mass is 32.2. The lowest BCUT2D eigenvalue weighted by molar-refractivity contribution is -0.122. The Labute approximate surface area is 228 Å². The Morgan fingerprint density at radius 2 is 1.79 bits per heavy atom. The van der Waals surface area contributed by atoms with Gasteiger partial charge < -0.3 is 14.2 Å². The molecular formula is C31H32N2O4S. The second kappa shape index (κ2) is 13.0. The van der Waals surface area contributed by atoms with Gasteiger partial charge in [0.2, 0.25) is 0 Å². The van der Waals surface area contributed by atoms with Crippen molar-refractivity contribution in [2.45, 2.75) is 26.9 Å². The molecule has 0 atom stereocenters. The summed E-state index contributed by atoms with van der Waals surface area (Å²) in [6, 6.07) is 21.4. The van der Waals surface area contributed by atoms with Crippen molar-refractivity contribution in [2.75, 3.05) is 20.3 Å². The average molecular weight is 529 g/mol. The van der Waals surface area contributed by atoms with E-state index < -0.39 is 0 Å². The van der Waals surface area contributed by atoms with Crippen LogP contribution in [-0.4, -0.2) is 36.2 Å². The summed E-state index contributed by atoms with van der Waals surface area (Å²) in [4.78, 5) is 20.3. The molecule has 0 spiro atoms. The van der Waals surface area contributed by atoms with Crippen LogP contribution in [0.25, 0.3) is 6.08 Å². The molecule has 38 heavy (non-hydrogen) atoms. The van der Waals surface area contributed by atoms with Crippen molar-refractivity contribution in [1.82, 2.24) is 4.90 Å². The van der Waals surface area contributed by atoms with E-state index in [1.165, 1.54) is 11.8 Å². The lowest BCUT2D eigenvalue weighted by Gasteiger charge is -2.17. The Kier molecular flexibility index (Phi) is 9.27. The molecule has 7 heteroatoms. The highest BCUT2D eigenvalue weighted by Gasteiger charge is 2.32. The van der Waals surface area contributed by atoms with E-state index in [0.29, 0.717) is 47.8 Å². The second-order valence-electron chi connectivity index (χ2n) is 8.46. The largest absolute Gasteiger partial charge is 0.497 e. The van der Waals surface area contributed by atoms with E-state index in [0.717, 1.165) is 28.1 Å². The topological polar surface area (TPSA) is 60.4 Å². The minimum Gasteiger partial charge on any atom is -0.497 e. The summed E-state index contributed by atoms with van der Waals surface area (Å²) in [6.45, 7) is 9.24. The molecule has 1 amide bonds. The lowest BCUT2D eigenvalue weighted by atomic mass is 10.0. The van der Waals surface area contributed by atoms with Crippen LogP contribution in [0.15, 0.2) is 89.3 Å².